The standard InChI is InChI=1S/C11H15BrN2O/c12-10-4-2-6-14-11(10)15-8-9-3-1-5-13-7-9/h2,4,6,9,13H,1,3,5,7-8H2/t9-/m1/s1. The summed E-state index contributed by atoms with van der Waals surface area (Å²) in [5.74, 6) is 1.32. The number of nitrogens with one attached hydrogen (secondary N) is 1. The van der Waals surface area contributed by atoms with Crippen molar-refractivity contribution in [1.82, 2.24) is 10.3 Å². The summed E-state index contributed by atoms with van der Waals surface area (Å²) in [4.78, 5) is 4.17. The molecular weight excluding hydrogens is 256 g/mol. The van der Waals surface area contributed by atoms with Gasteiger partial charge in [0.2, 0.25) is 5.88 Å². The van der Waals surface area contributed by atoms with Gasteiger partial charge < -0.3 is 10.1 Å². The quantitative estimate of drug-likeness (QED) is 0.915. The second kappa shape index (κ2) is 5.47. The predicted octanol–water partition coefficient (Wildman–Crippen LogP) is 2.22. The molecule has 0 spiro atoms. The molecule has 0 saturated carbocycles. The van der Waals surface area contributed by atoms with Crippen LogP contribution in [-0.2, 0) is 0 Å². The topological polar surface area (TPSA) is 34.1 Å². The molecule has 1 fully saturated rings. The average Bonchev–Trinajstić information content (AvgIpc) is 2.29. The second-order valence-electron chi connectivity index (χ2n) is 3.81. The van der Waals surface area contributed by atoms with Crippen molar-refractivity contribution in [2.75, 3.05) is 19.7 Å². The lowest BCUT2D eigenvalue weighted by Gasteiger charge is -2.22. The molecule has 0 amide bonds. The van der Waals surface area contributed by atoms with Crippen molar-refractivity contribution in [1.29, 1.82) is 0 Å². The van der Waals surface area contributed by atoms with Crippen LogP contribution in [0.15, 0.2) is 22.8 Å². The van der Waals surface area contributed by atoms with Crippen LogP contribution in [0.1, 0.15) is 12.8 Å². The third-order valence-electron chi connectivity index (χ3n) is 2.58. The Bertz CT molecular complexity index is 313. The SMILES string of the molecule is Brc1cccnc1OC[C@@H]1CCCNC1. The zero-order chi connectivity index (χ0) is 10.5. The van der Waals surface area contributed by atoms with Crippen LogP contribution in [0.4, 0.5) is 0 Å². The molecule has 3 nitrogen and oxygen atoms in total. The number of piperidine rings is 1. The van der Waals surface area contributed by atoms with Crippen LogP contribution < -0.4 is 10.1 Å². The molecule has 1 saturated heterocycles. The molecule has 0 radical (unpaired) electrons. The van der Waals surface area contributed by atoms with Gasteiger partial charge >= 0.3 is 0 Å². The minimum absolute atomic E-state index is 0.618. The van der Waals surface area contributed by atoms with E-state index in [0.29, 0.717) is 11.8 Å². The molecule has 0 aromatic carbocycles. The molecule has 4 heteroatoms. The second-order valence-corrected chi connectivity index (χ2v) is 4.67. The summed E-state index contributed by atoms with van der Waals surface area (Å²) in [5, 5.41) is 3.37. The fourth-order valence-corrected chi connectivity index (χ4v) is 2.11. The highest BCUT2D eigenvalue weighted by atomic mass is 79.9. The molecule has 15 heavy (non-hydrogen) atoms. The Morgan fingerprint density at radius 1 is 1.60 bits per heavy atom. The molecule has 0 bridgehead atoms. The van der Waals surface area contributed by atoms with Gasteiger partial charge in [-0.15, -0.1) is 0 Å². The monoisotopic (exact) mass is 270 g/mol. The molecule has 2 rings (SSSR count). The number of ether oxygens (including phenoxy) is 1. The van der Waals surface area contributed by atoms with Gasteiger partial charge in [-0.05, 0) is 47.4 Å². The first-order chi connectivity index (χ1) is 7.36. The predicted molar refractivity (Wildman–Crippen MR) is 63.0 cm³/mol. The number of hydrogen-bond acceptors (Lipinski definition) is 3. The molecular formula is C11H15BrN2O. The van der Waals surface area contributed by atoms with Crippen molar-refractivity contribution in [2.24, 2.45) is 5.92 Å². The van der Waals surface area contributed by atoms with E-state index in [0.717, 1.165) is 24.2 Å². The van der Waals surface area contributed by atoms with Gasteiger partial charge in [0.05, 0.1) is 11.1 Å². The van der Waals surface area contributed by atoms with Gasteiger partial charge in [0, 0.05) is 18.7 Å². The van der Waals surface area contributed by atoms with Crippen molar-refractivity contribution in [3.8, 4) is 5.88 Å². The van der Waals surface area contributed by atoms with Gasteiger partial charge in [0.1, 0.15) is 0 Å². The maximum absolute atomic E-state index is 5.68. The van der Waals surface area contributed by atoms with Gasteiger partial charge in [0.25, 0.3) is 0 Å². The third kappa shape index (κ3) is 3.18. The minimum Gasteiger partial charge on any atom is -0.477 e. The number of hydrogen-bond donors (Lipinski definition) is 1. The molecule has 82 valence electrons. The first-order valence-corrected chi connectivity index (χ1v) is 6.09. The fourth-order valence-electron chi connectivity index (χ4n) is 1.74. The minimum atomic E-state index is 0.618. The van der Waals surface area contributed by atoms with E-state index in [4.69, 9.17) is 4.74 Å². The molecule has 1 N–H and O–H groups in total. The van der Waals surface area contributed by atoms with E-state index < -0.39 is 0 Å². The van der Waals surface area contributed by atoms with Gasteiger partial charge in [-0.25, -0.2) is 4.98 Å². The van der Waals surface area contributed by atoms with Crippen LogP contribution in [0.25, 0.3) is 0 Å². The third-order valence-corrected chi connectivity index (χ3v) is 3.18. The lowest BCUT2D eigenvalue weighted by molar-refractivity contribution is 0.211. The van der Waals surface area contributed by atoms with Crippen LogP contribution in [-0.4, -0.2) is 24.7 Å². The van der Waals surface area contributed by atoms with E-state index >= 15 is 0 Å². The number of rotatable bonds is 3. The van der Waals surface area contributed by atoms with Crippen molar-refractivity contribution >= 4 is 15.9 Å². The summed E-state index contributed by atoms with van der Waals surface area (Å²) in [5.41, 5.74) is 0. The average molecular weight is 271 g/mol. The van der Waals surface area contributed by atoms with Crippen LogP contribution in [0.5, 0.6) is 5.88 Å². The summed E-state index contributed by atoms with van der Waals surface area (Å²) in [6, 6.07) is 3.83. The van der Waals surface area contributed by atoms with Crippen LogP contribution in [0, 0.1) is 5.92 Å². The van der Waals surface area contributed by atoms with Crippen LogP contribution >= 0.6 is 15.9 Å². The maximum atomic E-state index is 5.68. The summed E-state index contributed by atoms with van der Waals surface area (Å²) in [7, 11) is 0. The van der Waals surface area contributed by atoms with Crippen molar-refractivity contribution in [3.63, 3.8) is 0 Å². The van der Waals surface area contributed by atoms with Gasteiger partial charge in [-0.1, -0.05) is 0 Å². The normalized spacial score (nSPS) is 21.3. The van der Waals surface area contributed by atoms with E-state index in [-0.39, 0.29) is 0 Å². The van der Waals surface area contributed by atoms with Crippen LogP contribution in [0.3, 0.4) is 0 Å². The highest BCUT2D eigenvalue weighted by molar-refractivity contribution is 9.10. The largest absolute Gasteiger partial charge is 0.477 e. The van der Waals surface area contributed by atoms with Crippen molar-refractivity contribution in [2.45, 2.75) is 12.8 Å². The highest BCUT2D eigenvalue weighted by Gasteiger charge is 2.14. The molecule has 1 aliphatic heterocycles. The lowest BCUT2D eigenvalue weighted by Crippen LogP contribution is -2.33. The number of nitrogens with zero attached hydrogens (tertiary/aromatic N) is 1. The zero-order valence-corrected chi connectivity index (χ0v) is 10.2. The molecule has 1 atom stereocenters. The Balaban J connectivity index is 1.84. The summed E-state index contributed by atoms with van der Waals surface area (Å²) in [6.07, 6.45) is 4.24. The Morgan fingerprint density at radius 2 is 2.53 bits per heavy atom. The van der Waals surface area contributed by atoms with E-state index in [1.165, 1.54) is 12.8 Å². The van der Waals surface area contributed by atoms with Crippen LogP contribution in [0.2, 0.25) is 0 Å². The molecule has 1 aromatic heterocycles. The Kier molecular flexibility index (Phi) is 3.97. The van der Waals surface area contributed by atoms with Crippen molar-refractivity contribution in [3.05, 3.63) is 22.8 Å². The maximum Gasteiger partial charge on any atom is 0.227 e. The van der Waals surface area contributed by atoms with E-state index in [1.807, 2.05) is 12.1 Å². The number of pyridine rings is 1. The molecule has 0 aliphatic carbocycles. The van der Waals surface area contributed by atoms with E-state index in [9.17, 15) is 0 Å². The molecule has 0 unspecified atom stereocenters. The first kappa shape index (κ1) is 10.9. The number of halogens is 1. The highest BCUT2D eigenvalue weighted by Crippen LogP contribution is 2.22. The van der Waals surface area contributed by atoms with Gasteiger partial charge in [-0.3, -0.25) is 0 Å². The van der Waals surface area contributed by atoms with E-state index in [1.54, 1.807) is 6.20 Å². The number of aromatic nitrogens is 1. The molecule has 2 heterocycles. The lowest BCUT2D eigenvalue weighted by atomic mass is 10.0. The molecule has 1 aromatic rings. The Morgan fingerprint density at radius 3 is 3.27 bits per heavy atom. The summed E-state index contributed by atoms with van der Waals surface area (Å²) in [6.45, 7) is 2.96. The zero-order valence-electron chi connectivity index (χ0n) is 8.58. The van der Waals surface area contributed by atoms with Gasteiger partial charge in [-0.2, -0.15) is 0 Å². The van der Waals surface area contributed by atoms with Gasteiger partial charge in [0.15, 0.2) is 0 Å². The first-order valence-electron chi connectivity index (χ1n) is 5.30. The van der Waals surface area contributed by atoms with E-state index in [2.05, 4.69) is 26.2 Å². The Labute approximate surface area is 98.4 Å². The Hall–Kier alpha value is -0.610. The smallest absolute Gasteiger partial charge is 0.227 e. The summed E-state index contributed by atoms with van der Waals surface area (Å²) >= 11 is 3.42. The molecule has 1 aliphatic rings. The summed E-state index contributed by atoms with van der Waals surface area (Å²) < 4.78 is 6.60. The fraction of sp³-hybridized carbons (Fsp3) is 0.545. The van der Waals surface area contributed by atoms with Crippen molar-refractivity contribution < 1.29 is 4.74 Å².